The van der Waals surface area contributed by atoms with Crippen molar-refractivity contribution in [3.63, 3.8) is 0 Å². The lowest BCUT2D eigenvalue weighted by Gasteiger charge is -2.33. The predicted molar refractivity (Wildman–Crippen MR) is 123 cm³/mol. The number of hydrogen-bond acceptors (Lipinski definition) is 4. The smallest absolute Gasteiger partial charge is 0.267 e. The fraction of sp³-hybridized carbons (Fsp3) is 0.577. The topological polar surface area (TPSA) is 75.3 Å². The van der Waals surface area contributed by atoms with E-state index in [9.17, 15) is 9.59 Å². The van der Waals surface area contributed by atoms with Gasteiger partial charge in [-0.3, -0.25) is 9.59 Å². The van der Waals surface area contributed by atoms with E-state index in [1.165, 1.54) is 25.7 Å². The first kappa shape index (κ1) is 21.4. The third-order valence-corrected chi connectivity index (χ3v) is 7.34. The van der Waals surface area contributed by atoms with Crippen LogP contribution in [0.3, 0.4) is 0 Å². The molecule has 3 aliphatic rings. The van der Waals surface area contributed by atoms with Crippen LogP contribution in [0.4, 0.5) is 0 Å². The summed E-state index contributed by atoms with van der Waals surface area (Å²) in [5, 5.41) is 7.03. The van der Waals surface area contributed by atoms with Crippen molar-refractivity contribution in [3.05, 3.63) is 62.6 Å². The molecule has 1 aromatic carbocycles. The van der Waals surface area contributed by atoms with Gasteiger partial charge < -0.3 is 9.64 Å². The summed E-state index contributed by atoms with van der Waals surface area (Å²) in [6, 6.07) is 7.89. The van der Waals surface area contributed by atoms with Crippen LogP contribution in [-0.2, 0) is 24.0 Å². The zero-order valence-corrected chi connectivity index (χ0v) is 18.8. The van der Waals surface area contributed by atoms with Gasteiger partial charge in [0.05, 0.1) is 17.9 Å². The highest BCUT2D eigenvalue weighted by molar-refractivity contribution is 5.94. The number of rotatable bonds is 5. The SMILES string of the molecule is O=C(c1cccc(Cc2n[nH]c(=O)c3c2CCCC3)c1)N1CCC(OC2CCCC2)CC1. The Balaban J connectivity index is 1.24. The molecule has 1 aromatic heterocycles. The number of piperidine rings is 1. The van der Waals surface area contributed by atoms with Crippen molar-refractivity contribution >= 4 is 5.91 Å². The molecule has 1 amide bonds. The molecule has 6 heteroatoms. The Hall–Kier alpha value is -2.47. The van der Waals surface area contributed by atoms with Crippen LogP contribution in [0.5, 0.6) is 0 Å². The summed E-state index contributed by atoms with van der Waals surface area (Å²) in [5.41, 5.74) is 4.69. The zero-order valence-electron chi connectivity index (χ0n) is 18.8. The molecule has 0 spiro atoms. The van der Waals surface area contributed by atoms with E-state index in [4.69, 9.17) is 4.74 Å². The van der Waals surface area contributed by atoms with Crippen molar-refractivity contribution < 1.29 is 9.53 Å². The number of carbonyl (C=O) groups is 1. The van der Waals surface area contributed by atoms with Gasteiger partial charge in [-0.1, -0.05) is 25.0 Å². The molecule has 6 nitrogen and oxygen atoms in total. The average Bonchev–Trinajstić information content (AvgIpc) is 3.34. The van der Waals surface area contributed by atoms with Gasteiger partial charge in [-0.15, -0.1) is 0 Å². The number of amides is 1. The van der Waals surface area contributed by atoms with Crippen molar-refractivity contribution in [2.45, 2.75) is 82.8 Å². The number of hydrogen-bond donors (Lipinski definition) is 1. The molecule has 1 saturated heterocycles. The minimum atomic E-state index is -0.0484. The van der Waals surface area contributed by atoms with Gasteiger partial charge in [-0.2, -0.15) is 5.10 Å². The third-order valence-electron chi connectivity index (χ3n) is 7.34. The molecular weight excluding hydrogens is 402 g/mol. The maximum absolute atomic E-state index is 13.2. The second-order valence-corrected chi connectivity index (χ2v) is 9.57. The number of likely N-dealkylation sites (tertiary alicyclic amines) is 1. The molecular formula is C26H33N3O3. The zero-order chi connectivity index (χ0) is 21.9. The molecule has 170 valence electrons. The van der Waals surface area contributed by atoms with Crippen molar-refractivity contribution in [2.75, 3.05) is 13.1 Å². The van der Waals surface area contributed by atoms with Gasteiger partial charge in [0.15, 0.2) is 0 Å². The normalized spacial score (nSPS) is 19.8. The second kappa shape index (κ2) is 9.57. The quantitative estimate of drug-likeness (QED) is 0.775. The summed E-state index contributed by atoms with van der Waals surface area (Å²) >= 11 is 0. The highest BCUT2D eigenvalue weighted by Crippen LogP contribution is 2.26. The average molecular weight is 436 g/mol. The molecule has 2 aliphatic carbocycles. The summed E-state index contributed by atoms with van der Waals surface area (Å²) < 4.78 is 6.26. The number of ether oxygens (including phenoxy) is 1. The van der Waals surface area contributed by atoms with Gasteiger partial charge in [0.25, 0.3) is 11.5 Å². The van der Waals surface area contributed by atoms with Crippen LogP contribution in [-0.4, -0.2) is 46.3 Å². The molecule has 1 N–H and O–H groups in total. The molecule has 0 radical (unpaired) electrons. The van der Waals surface area contributed by atoms with Gasteiger partial charge in [-0.25, -0.2) is 5.10 Å². The Morgan fingerprint density at radius 1 is 1.00 bits per heavy atom. The number of nitrogens with zero attached hydrogens (tertiary/aromatic N) is 2. The van der Waals surface area contributed by atoms with E-state index in [1.807, 2.05) is 29.2 Å². The Labute approximate surface area is 189 Å². The van der Waals surface area contributed by atoms with E-state index >= 15 is 0 Å². The lowest BCUT2D eigenvalue weighted by atomic mass is 9.90. The second-order valence-electron chi connectivity index (χ2n) is 9.57. The highest BCUT2D eigenvalue weighted by atomic mass is 16.5. The number of aromatic nitrogens is 2. The first-order chi connectivity index (χ1) is 15.7. The maximum atomic E-state index is 13.2. The minimum Gasteiger partial charge on any atom is -0.375 e. The number of carbonyl (C=O) groups excluding carboxylic acids is 1. The molecule has 2 aromatic rings. The molecule has 2 heterocycles. The highest BCUT2D eigenvalue weighted by Gasteiger charge is 2.27. The largest absolute Gasteiger partial charge is 0.375 e. The van der Waals surface area contributed by atoms with E-state index < -0.39 is 0 Å². The fourth-order valence-electron chi connectivity index (χ4n) is 5.56. The van der Waals surface area contributed by atoms with Crippen LogP contribution in [0.25, 0.3) is 0 Å². The fourth-order valence-corrected chi connectivity index (χ4v) is 5.56. The van der Waals surface area contributed by atoms with Crippen molar-refractivity contribution in [3.8, 4) is 0 Å². The number of H-pyrrole nitrogens is 1. The molecule has 32 heavy (non-hydrogen) atoms. The van der Waals surface area contributed by atoms with Crippen molar-refractivity contribution in [2.24, 2.45) is 0 Å². The molecule has 0 unspecified atom stereocenters. The van der Waals surface area contributed by atoms with Gasteiger partial charge in [0, 0.05) is 30.6 Å². The Morgan fingerprint density at radius 2 is 1.72 bits per heavy atom. The van der Waals surface area contributed by atoms with E-state index in [0.29, 0.717) is 18.6 Å². The first-order valence-corrected chi connectivity index (χ1v) is 12.3. The van der Waals surface area contributed by atoms with Crippen molar-refractivity contribution in [1.82, 2.24) is 15.1 Å². The van der Waals surface area contributed by atoms with Gasteiger partial charge in [-0.05, 0) is 74.6 Å². The lowest BCUT2D eigenvalue weighted by Crippen LogP contribution is -2.41. The number of benzene rings is 1. The summed E-state index contributed by atoms with van der Waals surface area (Å²) in [5.74, 6) is 0.0997. The van der Waals surface area contributed by atoms with Crippen LogP contribution in [0.15, 0.2) is 29.1 Å². The maximum Gasteiger partial charge on any atom is 0.267 e. The predicted octanol–water partition coefficient (Wildman–Crippen LogP) is 3.80. The Morgan fingerprint density at radius 3 is 2.50 bits per heavy atom. The minimum absolute atomic E-state index is 0.0484. The van der Waals surface area contributed by atoms with Crippen LogP contribution in [0.2, 0.25) is 0 Å². The van der Waals surface area contributed by atoms with Crippen LogP contribution >= 0.6 is 0 Å². The van der Waals surface area contributed by atoms with E-state index in [1.54, 1.807) is 0 Å². The van der Waals surface area contributed by atoms with Crippen molar-refractivity contribution in [1.29, 1.82) is 0 Å². The first-order valence-electron chi connectivity index (χ1n) is 12.3. The van der Waals surface area contributed by atoms with E-state index in [-0.39, 0.29) is 11.5 Å². The van der Waals surface area contributed by atoms with Crippen LogP contribution < -0.4 is 5.56 Å². The standard InChI is InChI=1S/C26H33N3O3/c30-25-23-11-4-3-10-22(23)24(27-28-25)17-18-6-5-7-19(16-18)26(31)29-14-12-21(13-15-29)32-20-8-1-2-9-20/h5-7,16,20-21H,1-4,8-15,17H2,(H,28,30). The summed E-state index contributed by atoms with van der Waals surface area (Å²) in [6.07, 6.45) is 12.1. The Kier molecular flexibility index (Phi) is 6.39. The van der Waals surface area contributed by atoms with Gasteiger partial charge in [0.1, 0.15) is 0 Å². The van der Waals surface area contributed by atoms with Gasteiger partial charge in [0.2, 0.25) is 0 Å². The monoisotopic (exact) mass is 435 g/mol. The molecule has 0 atom stereocenters. The van der Waals surface area contributed by atoms with E-state index in [0.717, 1.165) is 79.6 Å². The number of aromatic amines is 1. The molecule has 2 fully saturated rings. The van der Waals surface area contributed by atoms with Crippen LogP contribution in [0, 0.1) is 0 Å². The number of fused-ring (bicyclic) bond motifs is 1. The summed E-state index contributed by atoms with van der Waals surface area (Å²) in [4.78, 5) is 27.3. The molecule has 0 bridgehead atoms. The molecule has 1 aliphatic heterocycles. The van der Waals surface area contributed by atoms with Gasteiger partial charge >= 0.3 is 0 Å². The van der Waals surface area contributed by atoms with E-state index in [2.05, 4.69) is 10.2 Å². The summed E-state index contributed by atoms with van der Waals surface area (Å²) in [6.45, 7) is 1.52. The lowest BCUT2D eigenvalue weighted by molar-refractivity contribution is -0.0357. The molecule has 5 rings (SSSR count). The summed E-state index contributed by atoms with van der Waals surface area (Å²) in [7, 11) is 0. The third kappa shape index (κ3) is 4.65. The molecule has 1 saturated carbocycles. The number of nitrogens with one attached hydrogen (secondary N) is 1. The van der Waals surface area contributed by atoms with Crippen LogP contribution in [0.1, 0.15) is 84.1 Å². The Bertz CT molecular complexity index is 1020.